The van der Waals surface area contributed by atoms with Crippen molar-refractivity contribution in [1.29, 1.82) is 0 Å². The van der Waals surface area contributed by atoms with Crippen molar-refractivity contribution in [2.24, 2.45) is 0 Å². The van der Waals surface area contributed by atoms with Crippen LogP contribution in [0.15, 0.2) is 42.6 Å². The molecule has 0 aliphatic rings. The Kier molecular flexibility index (Phi) is 3.79. The van der Waals surface area contributed by atoms with Gasteiger partial charge in [0.25, 0.3) is 5.91 Å². The highest BCUT2D eigenvalue weighted by Crippen LogP contribution is 2.34. The molecule has 3 aromatic rings. The van der Waals surface area contributed by atoms with Crippen LogP contribution in [-0.2, 0) is 6.18 Å². The van der Waals surface area contributed by atoms with Gasteiger partial charge in [0.2, 0.25) is 0 Å². The molecule has 3 rings (SSSR count). The van der Waals surface area contributed by atoms with E-state index in [0.717, 1.165) is 11.6 Å². The number of pyridine rings is 1. The Morgan fingerprint density at radius 1 is 1.12 bits per heavy atom. The molecule has 2 aromatic heterocycles. The number of hydrogen-bond donors (Lipinski definition) is 1. The molecule has 0 bridgehead atoms. The summed E-state index contributed by atoms with van der Waals surface area (Å²) in [6.45, 7) is 3.50. The van der Waals surface area contributed by atoms with Crippen molar-refractivity contribution in [2.45, 2.75) is 20.0 Å². The number of benzene rings is 1. The third kappa shape index (κ3) is 2.73. The summed E-state index contributed by atoms with van der Waals surface area (Å²) in [6, 6.07) is 8.48. The van der Waals surface area contributed by atoms with Crippen LogP contribution in [0.4, 0.5) is 18.9 Å². The van der Waals surface area contributed by atoms with Crippen LogP contribution in [0, 0.1) is 13.8 Å². The molecule has 0 saturated heterocycles. The number of aromatic nitrogens is 2. The smallest absolute Gasteiger partial charge is 0.320 e. The number of nitrogens with zero attached hydrogens (tertiary/aromatic N) is 2. The number of imidazole rings is 1. The van der Waals surface area contributed by atoms with Crippen LogP contribution in [0.25, 0.3) is 5.65 Å². The molecule has 0 spiro atoms. The molecule has 0 aliphatic carbocycles. The van der Waals surface area contributed by atoms with Crippen LogP contribution in [0.5, 0.6) is 0 Å². The third-order valence-corrected chi connectivity index (χ3v) is 3.72. The average Bonchev–Trinajstić information content (AvgIpc) is 2.84. The van der Waals surface area contributed by atoms with Gasteiger partial charge < -0.3 is 5.32 Å². The lowest BCUT2D eigenvalue weighted by atomic mass is 10.1. The van der Waals surface area contributed by atoms with Crippen molar-refractivity contribution < 1.29 is 18.0 Å². The molecule has 7 heteroatoms. The van der Waals surface area contributed by atoms with Gasteiger partial charge in [-0.05, 0) is 37.6 Å². The fraction of sp³-hybridized carbons (Fsp3) is 0.176. The van der Waals surface area contributed by atoms with Gasteiger partial charge in [0.05, 0.1) is 16.9 Å². The molecule has 1 aromatic carbocycles. The number of fused-ring (bicyclic) bond motifs is 1. The maximum Gasteiger partial charge on any atom is 0.418 e. The fourth-order valence-electron chi connectivity index (χ4n) is 2.61. The van der Waals surface area contributed by atoms with Gasteiger partial charge in [-0.1, -0.05) is 18.2 Å². The Morgan fingerprint density at radius 3 is 2.54 bits per heavy atom. The van der Waals surface area contributed by atoms with Gasteiger partial charge >= 0.3 is 6.18 Å². The molecule has 0 unspecified atom stereocenters. The molecule has 1 N–H and O–H groups in total. The first-order chi connectivity index (χ1) is 11.3. The number of anilines is 1. The van der Waals surface area contributed by atoms with Gasteiger partial charge in [-0.3, -0.25) is 9.20 Å². The summed E-state index contributed by atoms with van der Waals surface area (Å²) in [5, 5.41) is 2.35. The number of para-hydroxylation sites is 1. The SMILES string of the molecule is Cc1nc2c(C)cccn2c1C(=O)Nc1ccccc1C(F)(F)F. The second kappa shape index (κ2) is 5.67. The molecule has 0 atom stereocenters. The quantitative estimate of drug-likeness (QED) is 0.763. The van der Waals surface area contributed by atoms with Crippen LogP contribution in [0.3, 0.4) is 0 Å². The van der Waals surface area contributed by atoms with Gasteiger partial charge in [-0.15, -0.1) is 0 Å². The van der Waals surface area contributed by atoms with Gasteiger partial charge in [0, 0.05) is 6.20 Å². The van der Waals surface area contributed by atoms with Crippen LogP contribution in [-0.4, -0.2) is 15.3 Å². The van der Waals surface area contributed by atoms with E-state index in [4.69, 9.17) is 0 Å². The highest BCUT2D eigenvalue weighted by atomic mass is 19.4. The number of nitrogens with one attached hydrogen (secondary N) is 1. The van der Waals surface area contributed by atoms with E-state index in [1.165, 1.54) is 18.2 Å². The van der Waals surface area contributed by atoms with Gasteiger partial charge in [0.1, 0.15) is 11.3 Å². The summed E-state index contributed by atoms with van der Waals surface area (Å²) in [5.41, 5.74) is 0.967. The monoisotopic (exact) mass is 333 g/mol. The van der Waals surface area contributed by atoms with E-state index in [2.05, 4.69) is 10.3 Å². The van der Waals surface area contributed by atoms with E-state index in [-0.39, 0.29) is 11.4 Å². The summed E-state index contributed by atoms with van der Waals surface area (Å²) >= 11 is 0. The van der Waals surface area contributed by atoms with Crippen molar-refractivity contribution in [3.8, 4) is 0 Å². The van der Waals surface area contributed by atoms with Crippen LogP contribution < -0.4 is 5.32 Å². The Balaban J connectivity index is 2.04. The Labute approximate surface area is 135 Å². The predicted octanol–water partition coefficient (Wildman–Crippen LogP) is 4.22. The standard InChI is InChI=1S/C17H14F3N3O/c1-10-6-5-9-23-14(11(2)21-15(10)23)16(24)22-13-8-4-3-7-12(13)17(18,19)20/h3-9H,1-2H3,(H,22,24). The molecule has 0 saturated carbocycles. The number of carbonyl (C=O) groups excluding carboxylic acids is 1. The van der Waals surface area contributed by atoms with Crippen molar-refractivity contribution in [3.05, 3.63) is 65.1 Å². The zero-order chi connectivity index (χ0) is 17.5. The van der Waals surface area contributed by atoms with E-state index in [1.807, 2.05) is 13.0 Å². The largest absolute Gasteiger partial charge is 0.418 e. The average molecular weight is 333 g/mol. The van der Waals surface area contributed by atoms with E-state index < -0.39 is 17.6 Å². The molecule has 2 heterocycles. The fourth-order valence-corrected chi connectivity index (χ4v) is 2.61. The van der Waals surface area contributed by atoms with Gasteiger partial charge in [0.15, 0.2) is 0 Å². The van der Waals surface area contributed by atoms with Gasteiger partial charge in [-0.25, -0.2) is 4.98 Å². The lowest BCUT2D eigenvalue weighted by molar-refractivity contribution is -0.136. The first-order valence-corrected chi connectivity index (χ1v) is 7.21. The summed E-state index contributed by atoms with van der Waals surface area (Å²) in [5.74, 6) is -0.637. The second-order valence-electron chi connectivity index (χ2n) is 5.43. The minimum absolute atomic E-state index is 0.214. The van der Waals surface area contributed by atoms with Crippen LogP contribution >= 0.6 is 0 Å². The second-order valence-corrected chi connectivity index (χ2v) is 5.43. The predicted molar refractivity (Wildman–Crippen MR) is 84.1 cm³/mol. The van der Waals surface area contributed by atoms with E-state index in [9.17, 15) is 18.0 Å². The minimum Gasteiger partial charge on any atom is -0.320 e. The highest BCUT2D eigenvalue weighted by molar-refractivity contribution is 6.05. The lowest BCUT2D eigenvalue weighted by Crippen LogP contribution is -2.18. The van der Waals surface area contributed by atoms with Crippen molar-refractivity contribution in [3.63, 3.8) is 0 Å². The highest BCUT2D eigenvalue weighted by Gasteiger charge is 2.34. The van der Waals surface area contributed by atoms with Crippen LogP contribution in [0.1, 0.15) is 27.3 Å². The van der Waals surface area contributed by atoms with Crippen molar-refractivity contribution >= 4 is 17.2 Å². The maximum atomic E-state index is 13.1. The first-order valence-electron chi connectivity index (χ1n) is 7.21. The molecule has 0 fully saturated rings. The van der Waals surface area contributed by atoms with Crippen molar-refractivity contribution in [1.82, 2.24) is 9.38 Å². The molecule has 4 nitrogen and oxygen atoms in total. The minimum atomic E-state index is -4.55. The number of halogens is 3. The zero-order valence-corrected chi connectivity index (χ0v) is 13.0. The van der Waals surface area contributed by atoms with Crippen LogP contribution in [0.2, 0.25) is 0 Å². The zero-order valence-electron chi connectivity index (χ0n) is 13.0. The first kappa shape index (κ1) is 16.0. The molecule has 24 heavy (non-hydrogen) atoms. The lowest BCUT2D eigenvalue weighted by Gasteiger charge is -2.13. The number of aryl methyl sites for hydroxylation is 2. The Hall–Kier alpha value is -2.83. The number of amides is 1. The topological polar surface area (TPSA) is 46.4 Å². The molecular formula is C17H14F3N3O. The molecule has 0 aliphatic heterocycles. The summed E-state index contributed by atoms with van der Waals surface area (Å²) in [7, 11) is 0. The third-order valence-electron chi connectivity index (χ3n) is 3.72. The summed E-state index contributed by atoms with van der Waals surface area (Å²) < 4.78 is 40.8. The number of carbonyl (C=O) groups is 1. The Morgan fingerprint density at radius 2 is 1.83 bits per heavy atom. The molecule has 1 amide bonds. The van der Waals surface area contributed by atoms with Gasteiger partial charge in [-0.2, -0.15) is 13.2 Å². The molecule has 0 radical (unpaired) electrons. The summed E-state index contributed by atoms with van der Waals surface area (Å²) in [6.07, 6.45) is -2.89. The molecule has 124 valence electrons. The van der Waals surface area contributed by atoms with E-state index >= 15 is 0 Å². The maximum absolute atomic E-state index is 13.1. The molecular weight excluding hydrogens is 319 g/mol. The van der Waals surface area contributed by atoms with Crippen molar-refractivity contribution in [2.75, 3.05) is 5.32 Å². The van der Waals surface area contributed by atoms with E-state index in [0.29, 0.717) is 11.3 Å². The number of rotatable bonds is 2. The summed E-state index contributed by atoms with van der Waals surface area (Å²) in [4.78, 5) is 16.9. The van der Waals surface area contributed by atoms with E-state index in [1.54, 1.807) is 23.6 Å². The number of alkyl halides is 3. The normalized spacial score (nSPS) is 11.7. The Bertz CT molecular complexity index is 928. The number of hydrogen-bond acceptors (Lipinski definition) is 2.